The third kappa shape index (κ3) is 2.81. The van der Waals surface area contributed by atoms with E-state index in [0.29, 0.717) is 0 Å². The summed E-state index contributed by atoms with van der Waals surface area (Å²) in [7, 11) is -3.55. The predicted molar refractivity (Wildman–Crippen MR) is 112 cm³/mol. The smallest absolute Gasteiger partial charge is 0.0668 e. The third-order valence-electron chi connectivity index (χ3n) is 5.73. The molecule has 0 radical (unpaired) electrons. The SMILES string of the molecule is Cc1ccc([Si](C)(c2ccccc2)[Si](C)(C)c2ccccc2)cc1. The molecule has 0 aromatic heterocycles. The van der Waals surface area contributed by atoms with Crippen LogP contribution in [0.2, 0.25) is 19.6 Å². The monoisotopic (exact) mass is 346 g/mol. The standard InChI is InChI=1S/C22H26Si2/c1-19-15-17-22(18-16-19)24(4,21-13-9-6-10-14-21)23(2,3)20-11-7-5-8-12-20/h5-18H,1-4H3. The van der Waals surface area contributed by atoms with Crippen molar-refractivity contribution in [1.29, 1.82) is 0 Å². The second kappa shape index (κ2) is 6.54. The quantitative estimate of drug-likeness (QED) is 0.629. The highest BCUT2D eigenvalue weighted by atomic mass is 29.3. The lowest BCUT2D eigenvalue weighted by atomic mass is 10.2. The van der Waals surface area contributed by atoms with Gasteiger partial charge in [0.05, 0.1) is 7.59 Å². The Morgan fingerprint density at radius 1 is 0.500 bits per heavy atom. The van der Waals surface area contributed by atoms with Crippen molar-refractivity contribution < 1.29 is 0 Å². The molecule has 0 bridgehead atoms. The fraction of sp³-hybridized carbons (Fsp3) is 0.182. The zero-order chi connectivity index (χ0) is 17.2. The van der Waals surface area contributed by atoms with Crippen LogP contribution in [-0.4, -0.2) is 15.2 Å². The molecule has 0 spiro atoms. The van der Waals surface area contributed by atoms with Crippen LogP contribution in [0.3, 0.4) is 0 Å². The first-order valence-corrected chi connectivity index (χ1v) is 15.1. The molecule has 3 rings (SSSR count). The van der Waals surface area contributed by atoms with Crippen molar-refractivity contribution in [2.75, 3.05) is 0 Å². The van der Waals surface area contributed by atoms with Crippen molar-refractivity contribution in [1.82, 2.24) is 0 Å². The summed E-state index contributed by atoms with van der Waals surface area (Å²) in [6, 6.07) is 31.7. The predicted octanol–water partition coefficient (Wildman–Crippen LogP) is 3.88. The first-order chi connectivity index (χ1) is 11.5. The highest BCUT2D eigenvalue weighted by molar-refractivity contribution is 7.54. The summed E-state index contributed by atoms with van der Waals surface area (Å²) in [5, 5.41) is 4.66. The molecule has 0 amide bonds. The molecule has 2 heteroatoms. The van der Waals surface area contributed by atoms with Crippen molar-refractivity contribution in [3.63, 3.8) is 0 Å². The van der Waals surface area contributed by atoms with Gasteiger partial charge in [0.2, 0.25) is 0 Å². The number of hydrogen-bond donors (Lipinski definition) is 0. The zero-order valence-electron chi connectivity index (χ0n) is 15.1. The molecule has 3 aromatic rings. The zero-order valence-corrected chi connectivity index (χ0v) is 17.1. The van der Waals surface area contributed by atoms with Crippen LogP contribution in [0.25, 0.3) is 0 Å². The second-order valence-electron chi connectivity index (χ2n) is 7.35. The van der Waals surface area contributed by atoms with Gasteiger partial charge in [0, 0.05) is 0 Å². The van der Waals surface area contributed by atoms with E-state index in [9.17, 15) is 0 Å². The molecule has 0 fully saturated rings. The highest BCUT2D eigenvalue weighted by Gasteiger charge is 2.48. The lowest BCUT2D eigenvalue weighted by Crippen LogP contribution is -2.76. The summed E-state index contributed by atoms with van der Waals surface area (Å²) in [6.45, 7) is 9.86. The molecule has 0 aliphatic heterocycles. The van der Waals surface area contributed by atoms with E-state index in [0.717, 1.165) is 0 Å². The molecule has 0 saturated heterocycles. The number of aryl methyl sites for hydroxylation is 1. The molecule has 3 aromatic carbocycles. The van der Waals surface area contributed by atoms with Crippen molar-refractivity contribution in [2.45, 2.75) is 26.6 Å². The van der Waals surface area contributed by atoms with Gasteiger partial charge < -0.3 is 0 Å². The maximum absolute atomic E-state index is 2.58. The fourth-order valence-electron chi connectivity index (χ4n) is 3.69. The van der Waals surface area contributed by atoms with E-state index >= 15 is 0 Å². The Bertz CT molecular complexity index is 792. The molecule has 0 heterocycles. The fourth-order valence-corrected chi connectivity index (χ4v) is 16.3. The third-order valence-corrected chi connectivity index (χ3v) is 23.1. The van der Waals surface area contributed by atoms with E-state index in [1.807, 2.05) is 0 Å². The van der Waals surface area contributed by atoms with Gasteiger partial charge in [0.25, 0.3) is 0 Å². The average Bonchev–Trinajstić information content (AvgIpc) is 2.63. The summed E-state index contributed by atoms with van der Waals surface area (Å²) in [6.07, 6.45) is 0. The molecule has 0 aliphatic carbocycles. The summed E-state index contributed by atoms with van der Waals surface area (Å²) in [5.74, 6) is 0. The van der Waals surface area contributed by atoms with Crippen LogP contribution in [0, 0.1) is 6.92 Å². The van der Waals surface area contributed by atoms with Crippen LogP contribution in [0.1, 0.15) is 5.56 Å². The molecular weight excluding hydrogens is 320 g/mol. The molecule has 122 valence electrons. The molecule has 0 N–H and O–H groups in total. The molecule has 1 unspecified atom stereocenters. The molecule has 0 nitrogen and oxygen atoms in total. The van der Waals surface area contributed by atoms with Crippen molar-refractivity contribution >= 4 is 30.7 Å². The maximum Gasteiger partial charge on any atom is 0.112 e. The Kier molecular flexibility index (Phi) is 4.61. The van der Waals surface area contributed by atoms with Gasteiger partial charge in [0.1, 0.15) is 7.59 Å². The van der Waals surface area contributed by atoms with Crippen LogP contribution in [0.5, 0.6) is 0 Å². The van der Waals surface area contributed by atoms with Gasteiger partial charge in [-0.1, -0.05) is 126 Å². The van der Waals surface area contributed by atoms with Crippen molar-refractivity contribution in [2.24, 2.45) is 0 Å². The lowest BCUT2D eigenvalue weighted by Gasteiger charge is -2.42. The van der Waals surface area contributed by atoms with Crippen LogP contribution in [-0.2, 0) is 0 Å². The van der Waals surface area contributed by atoms with Gasteiger partial charge >= 0.3 is 0 Å². The Hall–Kier alpha value is -1.91. The topological polar surface area (TPSA) is 0 Å². The Morgan fingerprint density at radius 3 is 1.42 bits per heavy atom. The summed E-state index contributed by atoms with van der Waals surface area (Å²) in [5.41, 5.74) is 1.34. The van der Waals surface area contributed by atoms with Gasteiger partial charge in [0.15, 0.2) is 0 Å². The van der Waals surface area contributed by atoms with Gasteiger partial charge in [-0.3, -0.25) is 0 Å². The number of benzene rings is 3. The van der Waals surface area contributed by atoms with Crippen LogP contribution in [0.4, 0.5) is 0 Å². The van der Waals surface area contributed by atoms with Gasteiger partial charge in [-0.05, 0) is 6.92 Å². The van der Waals surface area contributed by atoms with E-state index < -0.39 is 15.2 Å². The Labute approximate surface area is 148 Å². The lowest BCUT2D eigenvalue weighted by molar-refractivity contribution is 1.48. The minimum atomic E-state index is -1.85. The second-order valence-corrected chi connectivity index (χ2v) is 21.3. The molecule has 1 atom stereocenters. The maximum atomic E-state index is 2.58. The van der Waals surface area contributed by atoms with E-state index in [4.69, 9.17) is 0 Å². The van der Waals surface area contributed by atoms with E-state index in [-0.39, 0.29) is 0 Å². The van der Waals surface area contributed by atoms with Gasteiger partial charge in [-0.2, -0.15) is 0 Å². The Balaban J connectivity index is 2.25. The largest absolute Gasteiger partial charge is 0.112 e. The number of hydrogen-bond acceptors (Lipinski definition) is 0. The Morgan fingerprint density at radius 2 is 0.917 bits per heavy atom. The summed E-state index contributed by atoms with van der Waals surface area (Å²) in [4.78, 5) is 0. The van der Waals surface area contributed by atoms with E-state index in [2.05, 4.69) is 111 Å². The first-order valence-electron chi connectivity index (χ1n) is 8.64. The first kappa shape index (κ1) is 16.9. The minimum absolute atomic E-state index is 1.34. The molecular formula is C22H26Si2. The number of rotatable bonds is 4. The molecule has 0 aliphatic rings. The minimum Gasteiger partial charge on any atom is -0.0668 e. The summed E-state index contributed by atoms with van der Waals surface area (Å²) < 4.78 is 0. The van der Waals surface area contributed by atoms with Crippen molar-refractivity contribution in [3.05, 3.63) is 90.5 Å². The van der Waals surface area contributed by atoms with Crippen molar-refractivity contribution in [3.8, 4) is 0 Å². The average molecular weight is 347 g/mol. The summed E-state index contributed by atoms with van der Waals surface area (Å²) >= 11 is 0. The van der Waals surface area contributed by atoms with Crippen LogP contribution < -0.4 is 15.6 Å². The molecule has 0 saturated carbocycles. The highest BCUT2D eigenvalue weighted by Crippen LogP contribution is 2.20. The van der Waals surface area contributed by atoms with E-state index in [1.54, 1.807) is 15.6 Å². The van der Waals surface area contributed by atoms with Crippen LogP contribution in [0.15, 0.2) is 84.9 Å². The van der Waals surface area contributed by atoms with Gasteiger partial charge in [-0.25, -0.2) is 0 Å². The normalized spacial score (nSPS) is 14.2. The van der Waals surface area contributed by atoms with Crippen LogP contribution >= 0.6 is 0 Å². The van der Waals surface area contributed by atoms with E-state index in [1.165, 1.54) is 5.56 Å². The van der Waals surface area contributed by atoms with Gasteiger partial charge in [-0.15, -0.1) is 0 Å². The molecule has 24 heavy (non-hydrogen) atoms.